The van der Waals surface area contributed by atoms with Gasteiger partial charge in [0.2, 0.25) is 0 Å². The first-order chi connectivity index (χ1) is 9.25. The van der Waals surface area contributed by atoms with Gasteiger partial charge in [0.1, 0.15) is 11.9 Å². The number of carbonyl (C=O) groups is 1. The van der Waals surface area contributed by atoms with Crippen LogP contribution in [0.15, 0.2) is 48.5 Å². The van der Waals surface area contributed by atoms with Crippen LogP contribution in [0.1, 0.15) is 34.0 Å². The molecular weight excluding hydrogens is 240 g/mol. The zero-order valence-corrected chi connectivity index (χ0v) is 10.4. The number of fused-ring (bicyclic) bond motifs is 1. The van der Waals surface area contributed by atoms with Crippen LogP contribution in [0.5, 0.6) is 5.75 Å². The SMILES string of the molecule is O=C1O[C@@H](CCc2ccccc2O)c2ccccc21. The smallest absolute Gasteiger partial charge is 0.339 e. The van der Waals surface area contributed by atoms with E-state index >= 15 is 0 Å². The minimum atomic E-state index is -0.252. The summed E-state index contributed by atoms with van der Waals surface area (Å²) in [7, 11) is 0. The number of benzene rings is 2. The Morgan fingerprint density at radius 3 is 2.63 bits per heavy atom. The van der Waals surface area contributed by atoms with E-state index in [1.165, 1.54) is 0 Å². The van der Waals surface area contributed by atoms with E-state index in [9.17, 15) is 9.90 Å². The summed E-state index contributed by atoms with van der Waals surface area (Å²) in [4.78, 5) is 11.7. The van der Waals surface area contributed by atoms with Gasteiger partial charge in [-0.1, -0.05) is 36.4 Å². The van der Waals surface area contributed by atoms with Gasteiger partial charge >= 0.3 is 5.97 Å². The molecule has 0 bridgehead atoms. The maximum atomic E-state index is 11.7. The highest BCUT2D eigenvalue weighted by Crippen LogP contribution is 2.34. The zero-order valence-electron chi connectivity index (χ0n) is 10.4. The molecule has 0 saturated carbocycles. The highest BCUT2D eigenvalue weighted by atomic mass is 16.5. The van der Waals surface area contributed by atoms with Gasteiger partial charge < -0.3 is 9.84 Å². The van der Waals surface area contributed by atoms with Gasteiger partial charge in [-0.05, 0) is 30.5 Å². The molecule has 0 saturated heterocycles. The van der Waals surface area contributed by atoms with Crippen molar-refractivity contribution in [1.82, 2.24) is 0 Å². The minimum Gasteiger partial charge on any atom is -0.508 e. The fraction of sp³-hybridized carbons (Fsp3) is 0.188. The summed E-state index contributed by atoms with van der Waals surface area (Å²) in [6.07, 6.45) is 1.16. The Hall–Kier alpha value is -2.29. The second-order valence-electron chi connectivity index (χ2n) is 4.65. The quantitative estimate of drug-likeness (QED) is 0.855. The lowest BCUT2D eigenvalue weighted by Crippen LogP contribution is -2.00. The molecule has 2 aromatic rings. The minimum absolute atomic E-state index is 0.205. The third kappa shape index (κ3) is 2.19. The summed E-state index contributed by atoms with van der Waals surface area (Å²) in [6.45, 7) is 0. The molecular formula is C16H14O3. The number of carbonyl (C=O) groups excluding carboxylic acids is 1. The predicted molar refractivity (Wildman–Crippen MR) is 71.0 cm³/mol. The molecule has 96 valence electrons. The Morgan fingerprint density at radius 2 is 1.79 bits per heavy atom. The third-order valence-electron chi connectivity index (χ3n) is 3.44. The summed E-state index contributed by atoms with van der Waals surface area (Å²) in [5.41, 5.74) is 2.48. The largest absolute Gasteiger partial charge is 0.508 e. The lowest BCUT2D eigenvalue weighted by molar-refractivity contribution is 0.0369. The van der Waals surface area contributed by atoms with Crippen molar-refractivity contribution < 1.29 is 14.6 Å². The molecule has 3 heteroatoms. The van der Waals surface area contributed by atoms with Crippen LogP contribution in [-0.4, -0.2) is 11.1 Å². The average Bonchev–Trinajstić information content (AvgIpc) is 2.75. The summed E-state index contributed by atoms with van der Waals surface area (Å²) < 4.78 is 5.37. The van der Waals surface area contributed by atoms with Gasteiger partial charge in [0, 0.05) is 5.56 Å². The number of ether oxygens (including phenoxy) is 1. The molecule has 0 amide bonds. The Labute approximate surface area is 111 Å². The standard InChI is InChI=1S/C16H14O3/c17-14-8-4-1-5-11(14)9-10-15-12-6-2-3-7-13(12)16(18)19-15/h1-8,15,17H,9-10H2/t15-/m0/s1. The highest BCUT2D eigenvalue weighted by Gasteiger charge is 2.30. The second-order valence-corrected chi connectivity index (χ2v) is 4.65. The van der Waals surface area contributed by atoms with Crippen LogP contribution in [0, 0.1) is 0 Å². The van der Waals surface area contributed by atoms with E-state index in [1.807, 2.05) is 30.3 Å². The van der Waals surface area contributed by atoms with Gasteiger partial charge in [-0.3, -0.25) is 0 Å². The molecule has 0 radical (unpaired) electrons. The van der Waals surface area contributed by atoms with Crippen molar-refractivity contribution in [1.29, 1.82) is 0 Å². The lowest BCUT2D eigenvalue weighted by Gasteiger charge is -2.11. The van der Waals surface area contributed by atoms with E-state index in [0.29, 0.717) is 24.2 Å². The van der Waals surface area contributed by atoms with Gasteiger partial charge in [-0.2, -0.15) is 0 Å². The van der Waals surface area contributed by atoms with Crippen LogP contribution >= 0.6 is 0 Å². The molecule has 3 nitrogen and oxygen atoms in total. The van der Waals surface area contributed by atoms with Crippen molar-refractivity contribution in [3.05, 3.63) is 65.2 Å². The van der Waals surface area contributed by atoms with Crippen LogP contribution in [0.2, 0.25) is 0 Å². The number of rotatable bonds is 3. The molecule has 1 heterocycles. The number of para-hydroxylation sites is 1. The van der Waals surface area contributed by atoms with Crippen molar-refractivity contribution >= 4 is 5.97 Å². The normalized spacial score (nSPS) is 17.1. The van der Waals surface area contributed by atoms with Crippen LogP contribution in [0.3, 0.4) is 0 Å². The maximum absolute atomic E-state index is 11.7. The zero-order chi connectivity index (χ0) is 13.2. The summed E-state index contributed by atoms with van der Waals surface area (Å²) in [5, 5.41) is 9.72. The lowest BCUT2D eigenvalue weighted by atomic mass is 9.99. The molecule has 0 fully saturated rings. The topological polar surface area (TPSA) is 46.5 Å². The van der Waals surface area contributed by atoms with Crippen LogP contribution < -0.4 is 0 Å². The Morgan fingerprint density at radius 1 is 1.05 bits per heavy atom. The van der Waals surface area contributed by atoms with E-state index in [1.54, 1.807) is 18.2 Å². The highest BCUT2D eigenvalue weighted by molar-refractivity contribution is 5.93. The number of esters is 1. The van der Waals surface area contributed by atoms with Crippen molar-refractivity contribution in [2.45, 2.75) is 18.9 Å². The van der Waals surface area contributed by atoms with Gasteiger partial charge in [-0.25, -0.2) is 4.79 Å². The van der Waals surface area contributed by atoms with Gasteiger partial charge in [-0.15, -0.1) is 0 Å². The van der Waals surface area contributed by atoms with E-state index in [-0.39, 0.29) is 12.1 Å². The monoisotopic (exact) mass is 254 g/mol. The predicted octanol–water partition coefficient (Wildman–Crippen LogP) is 3.24. The van der Waals surface area contributed by atoms with Gasteiger partial charge in [0.25, 0.3) is 0 Å². The Bertz CT molecular complexity index is 619. The van der Waals surface area contributed by atoms with Crippen LogP contribution in [0.25, 0.3) is 0 Å². The fourth-order valence-electron chi connectivity index (χ4n) is 2.44. The molecule has 19 heavy (non-hydrogen) atoms. The van der Waals surface area contributed by atoms with Crippen molar-refractivity contribution in [3.63, 3.8) is 0 Å². The average molecular weight is 254 g/mol. The fourth-order valence-corrected chi connectivity index (χ4v) is 2.44. The number of aryl methyl sites for hydroxylation is 1. The molecule has 1 atom stereocenters. The number of phenolic OH excluding ortho intramolecular Hbond substituents is 1. The van der Waals surface area contributed by atoms with E-state index in [4.69, 9.17) is 4.74 Å². The molecule has 0 unspecified atom stereocenters. The van der Waals surface area contributed by atoms with E-state index < -0.39 is 0 Å². The van der Waals surface area contributed by atoms with Crippen molar-refractivity contribution in [2.24, 2.45) is 0 Å². The second kappa shape index (κ2) is 4.76. The molecule has 3 rings (SSSR count). The van der Waals surface area contributed by atoms with E-state index in [0.717, 1.165) is 11.1 Å². The first-order valence-corrected chi connectivity index (χ1v) is 6.32. The van der Waals surface area contributed by atoms with Crippen molar-refractivity contribution in [3.8, 4) is 5.75 Å². The summed E-state index contributed by atoms with van der Waals surface area (Å²) >= 11 is 0. The number of hydrogen-bond acceptors (Lipinski definition) is 3. The molecule has 1 N–H and O–H groups in total. The molecule has 0 spiro atoms. The molecule has 1 aliphatic rings. The Kier molecular flexibility index (Phi) is 2.95. The number of phenols is 1. The van der Waals surface area contributed by atoms with Crippen LogP contribution in [0.4, 0.5) is 0 Å². The summed E-state index contributed by atoms with van der Waals surface area (Å²) in [5.74, 6) is 0.0398. The Balaban J connectivity index is 1.76. The van der Waals surface area contributed by atoms with E-state index in [2.05, 4.69) is 0 Å². The first-order valence-electron chi connectivity index (χ1n) is 6.32. The number of aromatic hydroxyl groups is 1. The number of hydrogen-bond donors (Lipinski definition) is 1. The maximum Gasteiger partial charge on any atom is 0.339 e. The molecule has 0 aliphatic carbocycles. The first kappa shape index (κ1) is 11.8. The third-order valence-corrected chi connectivity index (χ3v) is 3.44. The van der Waals surface area contributed by atoms with Crippen LogP contribution in [-0.2, 0) is 11.2 Å². The summed E-state index contributed by atoms with van der Waals surface area (Å²) in [6, 6.07) is 14.7. The van der Waals surface area contributed by atoms with Gasteiger partial charge in [0.05, 0.1) is 5.56 Å². The molecule has 2 aromatic carbocycles. The molecule has 1 aliphatic heterocycles. The number of cyclic esters (lactones) is 1. The van der Waals surface area contributed by atoms with Crippen molar-refractivity contribution in [2.75, 3.05) is 0 Å². The molecule has 0 aromatic heterocycles. The van der Waals surface area contributed by atoms with Gasteiger partial charge in [0.15, 0.2) is 0 Å².